The molecular formula is C24H26F2N6O. The molecule has 2 aromatic carbocycles. The zero-order valence-electron chi connectivity index (χ0n) is 18.1. The van der Waals surface area contributed by atoms with Crippen molar-refractivity contribution in [2.75, 3.05) is 0 Å². The first-order chi connectivity index (χ1) is 16.1. The average Bonchev–Trinajstić information content (AvgIpc) is 3.38. The minimum Gasteiger partial charge on any atom is -0.365 e. The molecule has 0 heterocycles. The van der Waals surface area contributed by atoms with E-state index in [2.05, 4.69) is 20.1 Å². The van der Waals surface area contributed by atoms with Crippen molar-refractivity contribution in [2.24, 2.45) is 22.1 Å². The van der Waals surface area contributed by atoms with Crippen LogP contribution >= 0.6 is 0 Å². The van der Waals surface area contributed by atoms with E-state index in [-0.39, 0.29) is 24.7 Å². The number of hydrogen-bond donors (Lipinski definition) is 0. The van der Waals surface area contributed by atoms with Crippen LogP contribution in [0.15, 0.2) is 70.9 Å². The number of azide groups is 2. The molecule has 8 atom stereocenters. The van der Waals surface area contributed by atoms with E-state index in [1.807, 2.05) is 60.7 Å². The van der Waals surface area contributed by atoms with Crippen molar-refractivity contribution < 1.29 is 13.5 Å². The highest BCUT2D eigenvalue weighted by Crippen LogP contribution is 2.47. The molecule has 2 aliphatic carbocycles. The Morgan fingerprint density at radius 2 is 1.09 bits per heavy atom. The standard InChI is InChI=1S/C24H26F2N6O/c25-19-11-17(13-21(19)29-31-27)23(15-7-3-1-4-8-15)33-24(16-9-5-2-6-10-16)18-12-20(26)22(14-18)30-32-28/h1-10,17-24H,11-14H2/t17-,18-,19-,20-,21-,22-,23?,24?/m1/s1. The lowest BCUT2D eigenvalue weighted by atomic mass is 9.90. The van der Waals surface area contributed by atoms with E-state index in [0.29, 0.717) is 12.8 Å². The highest BCUT2D eigenvalue weighted by atomic mass is 19.1. The Kier molecular flexibility index (Phi) is 7.45. The number of benzene rings is 2. The Morgan fingerprint density at radius 3 is 1.45 bits per heavy atom. The SMILES string of the molecule is [N-]=[N+]=N[C@@H]1C[C@H](C(OC(c2ccccc2)[C@@H]2C[C@@H](F)[C@H](N=[N+]=[N-])C2)c2ccccc2)C[C@H]1F. The smallest absolute Gasteiger partial charge is 0.109 e. The molecule has 7 nitrogen and oxygen atoms in total. The first kappa shape index (κ1) is 23.1. The maximum Gasteiger partial charge on any atom is 0.109 e. The Balaban J connectivity index is 1.66. The molecule has 0 spiro atoms. The van der Waals surface area contributed by atoms with Gasteiger partial charge in [-0.2, -0.15) is 0 Å². The molecule has 2 saturated carbocycles. The van der Waals surface area contributed by atoms with Gasteiger partial charge in [-0.15, -0.1) is 0 Å². The van der Waals surface area contributed by atoms with E-state index >= 15 is 0 Å². The van der Waals surface area contributed by atoms with Gasteiger partial charge in [0.2, 0.25) is 0 Å². The molecule has 33 heavy (non-hydrogen) atoms. The van der Waals surface area contributed by atoms with Crippen LogP contribution in [0.3, 0.4) is 0 Å². The maximum absolute atomic E-state index is 14.6. The van der Waals surface area contributed by atoms with E-state index in [4.69, 9.17) is 15.8 Å². The van der Waals surface area contributed by atoms with Crippen LogP contribution in [0.25, 0.3) is 20.9 Å². The first-order valence-electron chi connectivity index (χ1n) is 11.2. The molecule has 9 heteroatoms. The third-order valence-electron chi connectivity index (χ3n) is 6.78. The average molecular weight is 453 g/mol. The van der Waals surface area contributed by atoms with Gasteiger partial charge >= 0.3 is 0 Å². The topological polar surface area (TPSA) is 107 Å². The van der Waals surface area contributed by atoms with Gasteiger partial charge in [-0.3, -0.25) is 0 Å². The summed E-state index contributed by atoms with van der Waals surface area (Å²) < 4.78 is 36.0. The monoisotopic (exact) mass is 452 g/mol. The van der Waals surface area contributed by atoms with Crippen molar-refractivity contribution in [2.45, 2.75) is 62.3 Å². The van der Waals surface area contributed by atoms with E-state index < -0.39 is 36.6 Å². The summed E-state index contributed by atoms with van der Waals surface area (Å²) in [7, 11) is 0. The van der Waals surface area contributed by atoms with Gasteiger partial charge in [0.15, 0.2) is 0 Å². The molecule has 0 N–H and O–H groups in total. The summed E-state index contributed by atoms with van der Waals surface area (Å²) in [4.78, 5) is 5.61. The molecule has 4 rings (SSSR count). The number of alkyl halides is 2. The number of hydrogen-bond acceptors (Lipinski definition) is 3. The van der Waals surface area contributed by atoms with Crippen LogP contribution in [0.2, 0.25) is 0 Å². The Hall–Kier alpha value is -3.12. The zero-order valence-corrected chi connectivity index (χ0v) is 18.1. The van der Waals surface area contributed by atoms with Crippen molar-refractivity contribution in [1.29, 1.82) is 0 Å². The minimum absolute atomic E-state index is 0.195. The van der Waals surface area contributed by atoms with Crippen LogP contribution in [-0.2, 0) is 4.74 Å². The second-order valence-electron chi connectivity index (χ2n) is 8.84. The van der Waals surface area contributed by atoms with Gasteiger partial charge in [-0.1, -0.05) is 70.9 Å². The van der Waals surface area contributed by atoms with Crippen molar-refractivity contribution >= 4 is 0 Å². The molecule has 0 radical (unpaired) electrons. The number of ether oxygens (including phenoxy) is 1. The molecule has 2 aromatic rings. The Bertz CT molecular complexity index is 931. The van der Waals surface area contributed by atoms with E-state index in [1.165, 1.54) is 0 Å². The minimum atomic E-state index is -1.23. The third-order valence-corrected chi connectivity index (χ3v) is 6.78. The molecule has 2 aliphatic rings. The van der Waals surface area contributed by atoms with Crippen molar-refractivity contribution in [3.8, 4) is 0 Å². The Morgan fingerprint density at radius 1 is 0.697 bits per heavy atom. The molecule has 2 fully saturated rings. The molecule has 2 unspecified atom stereocenters. The maximum atomic E-state index is 14.6. The summed E-state index contributed by atoms with van der Waals surface area (Å²) in [6.45, 7) is 0. The van der Waals surface area contributed by atoms with Crippen molar-refractivity contribution in [3.63, 3.8) is 0 Å². The summed E-state index contributed by atoms with van der Waals surface area (Å²) in [5.41, 5.74) is 19.4. The molecule has 0 aromatic heterocycles. The predicted molar refractivity (Wildman–Crippen MR) is 121 cm³/mol. The molecule has 0 saturated heterocycles. The van der Waals surface area contributed by atoms with Gasteiger partial charge in [0.05, 0.1) is 24.3 Å². The van der Waals surface area contributed by atoms with Crippen LogP contribution in [0, 0.1) is 11.8 Å². The van der Waals surface area contributed by atoms with Gasteiger partial charge in [0, 0.05) is 9.82 Å². The number of halogens is 2. The largest absolute Gasteiger partial charge is 0.365 e. The third kappa shape index (κ3) is 5.28. The van der Waals surface area contributed by atoms with Gasteiger partial charge in [0.1, 0.15) is 12.3 Å². The number of rotatable bonds is 8. The second-order valence-corrected chi connectivity index (χ2v) is 8.84. The van der Waals surface area contributed by atoms with Gasteiger partial charge < -0.3 is 4.74 Å². The summed E-state index contributed by atoms with van der Waals surface area (Å²) in [6.07, 6.45) is -2.16. The zero-order chi connectivity index (χ0) is 23.2. The lowest BCUT2D eigenvalue weighted by Crippen LogP contribution is -2.22. The fraction of sp³-hybridized carbons (Fsp3) is 0.500. The highest BCUT2D eigenvalue weighted by Gasteiger charge is 2.43. The van der Waals surface area contributed by atoms with Crippen molar-refractivity contribution in [1.82, 2.24) is 0 Å². The fourth-order valence-corrected chi connectivity index (χ4v) is 5.23. The summed E-state index contributed by atoms with van der Waals surface area (Å²) in [6, 6.07) is 17.7. The van der Waals surface area contributed by atoms with Gasteiger partial charge in [-0.05, 0) is 59.7 Å². The quantitative estimate of drug-likeness (QED) is 0.233. The summed E-state index contributed by atoms with van der Waals surface area (Å²) in [5, 5.41) is 7.28. The molecule has 172 valence electrons. The number of nitrogens with zero attached hydrogens (tertiary/aromatic N) is 6. The molecule has 0 aliphatic heterocycles. The van der Waals surface area contributed by atoms with Gasteiger partial charge in [-0.25, -0.2) is 8.78 Å². The van der Waals surface area contributed by atoms with E-state index in [1.54, 1.807) is 0 Å². The lowest BCUT2D eigenvalue weighted by Gasteiger charge is -2.33. The van der Waals surface area contributed by atoms with Crippen molar-refractivity contribution in [3.05, 3.63) is 92.7 Å². The van der Waals surface area contributed by atoms with Crippen LogP contribution < -0.4 is 0 Å². The first-order valence-corrected chi connectivity index (χ1v) is 11.2. The van der Waals surface area contributed by atoms with E-state index in [0.717, 1.165) is 11.1 Å². The Labute approximate surface area is 191 Å². The molecule has 0 bridgehead atoms. The summed E-state index contributed by atoms with van der Waals surface area (Å²) in [5.74, 6) is -0.390. The predicted octanol–water partition coefficient (Wildman–Crippen LogP) is 7.34. The van der Waals surface area contributed by atoms with Crippen LogP contribution in [0.5, 0.6) is 0 Å². The normalized spacial score (nSPS) is 30.7. The molecule has 0 amide bonds. The second kappa shape index (κ2) is 10.7. The van der Waals surface area contributed by atoms with Crippen LogP contribution in [0.4, 0.5) is 8.78 Å². The molecular weight excluding hydrogens is 426 g/mol. The van der Waals surface area contributed by atoms with E-state index in [9.17, 15) is 8.78 Å². The van der Waals surface area contributed by atoms with Gasteiger partial charge in [0.25, 0.3) is 0 Å². The summed E-state index contributed by atoms with van der Waals surface area (Å²) >= 11 is 0. The lowest BCUT2D eigenvalue weighted by molar-refractivity contribution is -0.0738. The highest BCUT2D eigenvalue weighted by molar-refractivity contribution is 5.22. The van der Waals surface area contributed by atoms with Crippen LogP contribution in [-0.4, -0.2) is 24.4 Å². The fourth-order valence-electron chi connectivity index (χ4n) is 5.23. The van der Waals surface area contributed by atoms with Crippen LogP contribution in [0.1, 0.15) is 49.0 Å².